The Kier molecular flexibility index (Phi) is 5.23. The quantitative estimate of drug-likeness (QED) is 0.729. The molecule has 3 aromatic rings. The Morgan fingerprint density at radius 2 is 2.18 bits per heavy atom. The molecule has 0 bridgehead atoms. The number of pyridine rings is 1. The molecule has 4 rings (SSSR count). The van der Waals surface area contributed by atoms with Gasteiger partial charge in [0, 0.05) is 44.6 Å². The van der Waals surface area contributed by atoms with Gasteiger partial charge in [-0.25, -0.2) is 4.98 Å². The molecule has 7 nitrogen and oxygen atoms in total. The van der Waals surface area contributed by atoms with Crippen molar-refractivity contribution in [1.29, 1.82) is 0 Å². The maximum Gasteiger partial charge on any atom is 0.265 e. The number of piperidine rings is 1. The SMILES string of the molecule is CN(C)C(=O)c1sc2nc([C@@H]3CCCCN3Cc3cnccn3)ccc2c1N. The van der Waals surface area contributed by atoms with Gasteiger partial charge in [0.25, 0.3) is 5.91 Å². The first-order valence-corrected chi connectivity index (χ1v) is 10.3. The molecule has 28 heavy (non-hydrogen) atoms. The first-order valence-electron chi connectivity index (χ1n) is 9.44. The normalized spacial score (nSPS) is 17.7. The zero-order valence-electron chi connectivity index (χ0n) is 16.1. The maximum atomic E-state index is 12.4. The molecule has 1 saturated heterocycles. The van der Waals surface area contributed by atoms with Gasteiger partial charge < -0.3 is 10.6 Å². The Balaban J connectivity index is 1.65. The summed E-state index contributed by atoms with van der Waals surface area (Å²) in [6, 6.07) is 4.29. The molecule has 1 aliphatic rings. The van der Waals surface area contributed by atoms with Crippen molar-refractivity contribution >= 4 is 33.1 Å². The lowest BCUT2D eigenvalue weighted by Gasteiger charge is -2.35. The molecule has 146 valence electrons. The second-order valence-corrected chi connectivity index (χ2v) is 8.31. The summed E-state index contributed by atoms with van der Waals surface area (Å²) in [6.07, 6.45) is 8.66. The highest BCUT2D eigenvalue weighted by atomic mass is 32.1. The number of fused-ring (bicyclic) bond motifs is 1. The van der Waals surface area contributed by atoms with Gasteiger partial charge in [-0.3, -0.25) is 19.7 Å². The van der Waals surface area contributed by atoms with Gasteiger partial charge >= 0.3 is 0 Å². The van der Waals surface area contributed by atoms with Crippen LogP contribution in [0.4, 0.5) is 5.69 Å². The fourth-order valence-corrected chi connectivity index (χ4v) is 4.82. The van der Waals surface area contributed by atoms with Crippen molar-refractivity contribution in [2.24, 2.45) is 0 Å². The van der Waals surface area contributed by atoms with Gasteiger partial charge in [0.1, 0.15) is 9.71 Å². The minimum absolute atomic E-state index is 0.0796. The van der Waals surface area contributed by atoms with E-state index in [4.69, 9.17) is 10.7 Å². The van der Waals surface area contributed by atoms with Crippen LogP contribution in [0.25, 0.3) is 10.2 Å². The van der Waals surface area contributed by atoms with Gasteiger partial charge in [-0.1, -0.05) is 6.42 Å². The van der Waals surface area contributed by atoms with Crippen molar-refractivity contribution in [2.75, 3.05) is 26.4 Å². The predicted molar refractivity (Wildman–Crippen MR) is 111 cm³/mol. The zero-order chi connectivity index (χ0) is 19.7. The van der Waals surface area contributed by atoms with Crippen LogP contribution in [-0.2, 0) is 6.54 Å². The molecule has 1 amide bonds. The first-order chi connectivity index (χ1) is 13.5. The molecule has 0 unspecified atom stereocenters. The number of carbonyl (C=O) groups excluding carboxylic acids is 1. The van der Waals surface area contributed by atoms with Gasteiger partial charge in [0.05, 0.1) is 23.1 Å². The fourth-order valence-electron chi connectivity index (χ4n) is 3.69. The Morgan fingerprint density at radius 3 is 2.93 bits per heavy atom. The number of hydrogen-bond donors (Lipinski definition) is 1. The van der Waals surface area contributed by atoms with Crippen LogP contribution in [0.15, 0.2) is 30.7 Å². The number of hydrogen-bond acceptors (Lipinski definition) is 7. The minimum Gasteiger partial charge on any atom is -0.397 e. The Labute approximate surface area is 168 Å². The molecular weight excluding hydrogens is 372 g/mol. The predicted octanol–water partition coefficient (Wildman–Crippen LogP) is 3.10. The average Bonchev–Trinajstić information content (AvgIpc) is 3.04. The van der Waals surface area contributed by atoms with Gasteiger partial charge in [-0.05, 0) is 31.5 Å². The molecular formula is C20H24N6OS. The van der Waals surface area contributed by atoms with Crippen LogP contribution >= 0.6 is 11.3 Å². The number of anilines is 1. The summed E-state index contributed by atoms with van der Waals surface area (Å²) >= 11 is 1.38. The van der Waals surface area contributed by atoms with E-state index < -0.39 is 0 Å². The molecule has 1 fully saturated rings. The van der Waals surface area contributed by atoms with Crippen LogP contribution in [-0.4, -0.2) is 51.3 Å². The standard InChI is InChI=1S/C20H24N6OS/c1-25(2)20(27)18-17(21)14-6-7-15(24-19(14)28-18)16-5-3-4-10-26(16)12-13-11-22-8-9-23-13/h6-9,11,16H,3-5,10,12,21H2,1-2H3/t16-/m0/s1. The second kappa shape index (κ2) is 7.81. The fraction of sp³-hybridized carbons (Fsp3) is 0.400. The number of amides is 1. The van der Waals surface area contributed by atoms with E-state index in [-0.39, 0.29) is 11.9 Å². The van der Waals surface area contributed by atoms with E-state index in [9.17, 15) is 4.79 Å². The van der Waals surface area contributed by atoms with E-state index >= 15 is 0 Å². The smallest absolute Gasteiger partial charge is 0.265 e. The third-order valence-electron chi connectivity index (χ3n) is 5.15. The molecule has 0 aliphatic carbocycles. The van der Waals surface area contributed by atoms with Crippen molar-refractivity contribution in [1.82, 2.24) is 24.8 Å². The third kappa shape index (κ3) is 3.57. The largest absolute Gasteiger partial charge is 0.397 e. The van der Waals surface area contributed by atoms with E-state index in [0.29, 0.717) is 10.6 Å². The summed E-state index contributed by atoms with van der Waals surface area (Å²) in [5.41, 5.74) is 8.75. The van der Waals surface area contributed by atoms with Crippen molar-refractivity contribution in [3.63, 3.8) is 0 Å². The molecule has 0 aromatic carbocycles. The number of nitrogens with two attached hydrogens (primary N) is 1. The highest BCUT2D eigenvalue weighted by Gasteiger charge is 2.27. The lowest BCUT2D eigenvalue weighted by molar-refractivity contribution is 0.0833. The molecule has 1 atom stereocenters. The molecule has 0 saturated carbocycles. The van der Waals surface area contributed by atoms with Crippen molar-refractivity contribution in [2.45, 2.75) is 31.8 Å². The highest BCUT2D eigenvalue weighted by Crippen LogP contribution is 2.36. The van der Waals surface area contributed by atoms with Crippen LogP contribution in [0.2, 0.25) is 0 Å². The summed E-state index contributed by atoms with van der Waals surface area (Å²) in [7, 11) is 3.47. The van der Waals surface area contributed by atoms with Crippen LogP contribution in [0.5, 0.6) is 0 Å². The Morgan fingerprint density at radius 1 is 1.32 bits per heavy atom. The van der Waals surface area contributed by atoms with E-state index in [0.717, 1.165) is 41.1 Å². The summed E-state index contributed by atoms with van der Waals surface area (Å²) in [5.74, 6) is -0.0796. The third-order valence-corrected chi connectivity index (χ3v) is 6.26. The summed E-state index contributed by atoms with van der Waals surface area (Å²) in [4.78, 5) is 31.2. The number of likely N-dealkylation sites (tertiary alicyclic amines) is 1. The molecule has 4 heterocycles. The molecule has 2 N–H and O–H groups in total. The van der Waals surface area contributed by atoms with Crippen molar-refractivity contribution < 1.29 is 4.79 Å². The lowest BCUT2D eigenvalue weighted by Crippen LogP contribution is -2.33. The number of rotatable bonds is 4. The Bertz CT molecular complexity index is 987. The number of nitrogen functional groups attached to an aromatic ring is 1. The number of thiophene rings is 1. The minimum atomic E-state index is -0.0796. The number of nitrogens with zero attached hydrogens (tertiary/aromatic N) is 5. The molecule has 3 aromatic heterocycles. The van der Waals surface area contributed by atoms with Gasteiger partial charge in [-0.2, -0.15) is 0 Å². The topological polar surface area (TPSA) is 88.2 Å². The first kappa shape index (κ1) is 18.8. The van der Waals surface area contributed by atoms with E-state index in [1.54, 1.807) is 31.4 Å². The Hall–Kier alpha value is -2.58. The summed E-state index contributed by atoms with van der Waals surface area (Å²) < 4.78 is 0. The van der Waals surface area contributed by atoms with Gasteiger partial charge in [0.15, 0.2) is 0 Å². The highest BCUT2D eigenvalue weighted by molar-refractivity contribution is 7.21. The zero-order valence-corrected chi connectivity index (χ0v) is 16.9. The maximum absolute atomic E-state index is 12.4. The van der Waals surface area contributed by atoms with Crippen LogP contribution in [0.3, 0.4) is 0 Å². The average molecular weight is 397 g/mol. The van der Waals surface area contributed by atoms with Crippen molar-refractivity contribution in [3.8, 4) is 0 Å². The summed E-state index contributed by atoms with van der Waals surface area (Å²) in [5, 5.41) is 0.857. The summed E-state index contributed by atoms with van der Waals surface area (Å²) in [6.45, 7) is 1.77. The number of aromatic nitrogens is 3. The number of carbonyl (C=O) groups is 1. The van der Waals surface area contributed by atoms with E-state index in [1.165, 1.54) is 24.2 Å². The monoisotopic (exact) mass is 396 g/mol. The van der Waals surface area contributed by atoms with E-state index in [2.05, 4.69) is 20.9 Å². The molecule has 8 heteroatoms. The van der Waals surface area contributed by atoms with Gasteiger partial charge in [0.2, 0.25) is 0 Å². The van der Waals surface area contributed by atoms with Crippen molar-refractivity contribution in [3.05, 3.63) is 47.0 Å². The molecule has 0 radical (unpaired) electrons. The van der Waals surface area contributed by atoms with Crippen LogP contribution in [0, 0.1) is 0 Å². The van der Waals surface area contributed by atoms with Gasteiger partial charge in [-0.15, -0.1) is 11.3 Å². The second-order valence-electron chi connectivity index (χ2n) is 7.31. The molecule has 1 aliphatic heterocycles. The van der Waals surface area contributed by atoms with Crippen LogP contribution in [0.1, 0.15) is 46.4 Å². The lowest BCUT2D eigenvalue weighted by atomic mass is 9.98. The van der Waals surface area contributed by atoms with Crippen LogP contribution < -0.4 is 5.73 Å². The molecule has 0 spiro atoms. The van der Waals surface area contributed by atoms with E-state index in [1.807, 2.05) is 12.3 Å².